The fourth-order valence-corrected chi connectivity index (χ4v) is 2.40. The van der Waals surface area contributed by atoms with E-state index in [2.05, 4.69) is 40.7 Å². The molecule has 1 fully saturated rings. The summed E-state index contributed by atoms with van der Waals surface area (Å²) in [7, 11) is 1.91. The number of anilines is 1. The van der Waals surface area contributed by atoms with Gasteiger partial charge in [0.25, 0.3) is 0 Å². The molecule has 4 heteroatoms. The number of hydrogen-bond acceptors (Lipinski definition) is 3. The Morgan fingerprint density at radius 3 is 3.06 bits per heavy atom. The Bertz CT molecular complexity index is 419. The molecule has 98 valence electrons. The molecule has 18 heavy (non-hydrogen) atoms. The Hall–Kier alpha value is -1.55. The van der Waals surface area contributed by atoms with Gasteiger partial charge in [-0.25, -0.2) is 0 Å². The quantitative estimate of drug-likeness (QED) is 0.831. The SMILES string of the molecule is CNCCC1C(=O)NCCN1c1cccc(C)c1. The molecule has 0 aromatic heterocycles. The fraction of sp³-hybridized carbons (Fsp3) is 0.500. The van der Waals surface area contributed by atoms with Gasteiger partial charge in [0.05, 0.1) is 0 Å². The molecule has 1 aliphatic heterocycles. The second kappa shape index (κ2) is 5.87. The molecule has 1 aromatic carbocycles. The van der Waals surface area contributed by atoms with Crippen molar-refractivity contribution in [1.29, 1.82) is 0 Å². The number of nitrogens with one attached hydrogen (secondary N) is 2. The Labute approximate surface area is 108 Å². The third-order valence-electron chi connectivity index (χ3n) is 3.33. The van der Waals surface area contributed by atoms with Crippen molar-refractivity contribution in [3.8, 4) is 0 Å². The standard InChI is InChI=1S/C14H21N3O/c1-11-4-3-5-12(10-11)17-9-8-16-14(18)13(17)6-7-15-2/h3-5,10,13,15H,6-9H2,1-2H3,(H,16,18). The van der Waals surface area contributed by atoms with Crippen LogP contribution in [0.4, 0.5) is 5.69 Å². The molecule has 1 atom stereocenters. The number of aryl methyl sites for hydroxylation is 1. The molecule has 1 amide bonds. The summed E-state index contributed by atoms with van der Waals surface area (Å²) in [4.78, 5) is 14.2. The second-order valence-corrected chi connectivity index (χ2v) is 4.73. The number of nitrogens with zero attached hydrogens (tertiary/aromatic N) is 1. The zero-order chi connectivity index (χ0) is 13.0. The van der Waals surface area contributed by atoms with E-state index in [4.69, 9.17) is 0 Å². The first-order valence-electron chi connectivity index (χ1n) is 6.48. The van der Waals surface area contributed by atoms with Gasteiger partial charge in [0.15, 0.2) is 0 Å². The number of rotatable bonds is 4. The maximum Gasteiger partial charge on any atom is 0.242 e. The van der Waals surface area contributed by atoms with Gasteiger partial charge >= 0.3 is 0 Å². The maximum absolute atomic E-state index is 12.0. The lowest BCUT2D eigenvalue weighted by molar-refractivity contribution is -0.123. The van der Waals surface area contributed by atoms with Crippen LogP contribution in [0.5, 0.6) is 0 Å². The van der Waals surface area contributed by atoms with Gasteiger partial charge in [-0.15, -0.1) is 0 Å². The Kier molecular flexibility index (Phi) is 4.20. The van der Waals surface area contributed by atoms with Gasteiger partial charge in [0, 0.05) is 18.8 Å². The Morgan fingerprint density at radius 2 is 2.33 bits per heavy atom. The minimum atomic E-state index is -0.0620. The lowest BCUT2D eigenvalue weighted by Gasteiger charge is -2.37. The van der Waals surface area contributed by atoms with Gasteiger partial charge in [-0.1, -0.05) is 12.1 Å². The molecule has 1 aromatic rings. The number of carbonyl (C=O) groups is 1. The first-order chi connectivity index (χ1) is 8.72. The third kappa shape index (κ3) is 2.82. The summed E-state index contributed by atoms with van der Waals surface area (Å²) in [6.45, 7) is 4.53. The lowest BCUT2D eigenvalue weighted by Crippen LogP contribution is -2.56. The van der Waals surface area contributed by atoms with Gasteiger partial charge in [0.1, 0.15) is 6.04 Å². The molecular formula is C14H21N3O. The van der Waals surface area contributed by atoms with Crippen LogP contribution in [-0.2, 0) is 4.79 Å². The first kappa shape index (κ1) is 12.9. The summed E-state index contributed by atoms with van der Waals surface area (Å²) in [5, 5.41) is 6.06. The van der Waals surface area contributed by atoms with Crippen LogP contribution >= 0.6 is 0 Å². The van der Waals surface area contributed by atoms with E-state index in [-0.39, 0.29) is 11.9 Å². The number of carbonyl (C=O) groups excluding carboxylic acids is 1. The molecule has 4 nitrogen and oxygen atoms in total. The smallest absolute Gasteiger partial charge is 0.242 e. The van der Waals surface area contributed by atoms with Crippen LogP contribution in [0.25, 0.3) is 0 Å². The third-order valence-corrected chi connectivity index (χ3v) is 3.33. The molecule has 1 saturated heterocycles. The summed E-state index contributed by atoms with van der Waals surface area (Å²) < 4.78 is 0. The summed E-state index contributed by atoms with van der Waals surface area (Å²) in [6, 6.07) is 8.29. The highest BCUT2D eigenvalue weighted by molar-refractivity contribution is 5.86. The molecule has 2 rings (SSSR count). The van der Waals surface area contributed by atoms with E-state index in [1.54, 1.807) is 0 Å². The maximum atomic E-state index is 12.0. The minimum Gasteiger partial charge on any atom is -0.358 e. The fourth-order valence-electron chi connectivity index (χ4n) is 2.40. The molecule has 0 spiro atoms. The van der Waals surface area contributed by atoms with Crippen molar-refractivity contribution in [2.45, 2.75) is 19.4 Å². The number of piperazine rings is 1. The summed E-state index contributed by atoms with van der Waals surface area (Å²) >= 11 is 0. The highest BCUT2D eigenvalue weighted by Crippen LogP contribution is 2.21. The molecule has 1 unspecified atom stereocenters. The van der Waals surface area contributed by atoms with Crippen LogP contribution in [-0.4, -0.2) is 38.6 Å². The highest BCUT2D eigenvalue weighted by Gasteiger charge is 2.29. The van der Waals surface area contributed by atoms with Crippen molar-refractivity contribution < 1.29 is 4.79 Å². The number of hydrogen-bond donors (Lipinski definition) is 2. The summed E-state index contributed by atoms with van der Waals surface area (Å²) in [5.41, 5.74) is 2.37. The van der Waals surface area contributed by atoms with E-state index in [0.717, 1.165) is 31.7 Å². The largest absolute Gasteiger partial charge is 0.358 e. The van der Waals surface area contributed by atoms with E-state index >= 15 is 0 Å². The molecular weight excluding hydrogens is 226 g/mol. The van der Waals surface area contributed by atoms with Gasteiger partial charge in [-0.05, 0) is 44.6 Å². The zero-order valence-electron chi connectivity index (χ0n) is 11.1. The van der Waals surface area contributed by atoms with Crippen LogP contribution in [0, 0.1) is 6.92 Å². The monoisotopic (exact) mass is 247 g/mol. The highest BCUT2D eigenvalue weighted by atomic mass is 16.2. The average molecular weight is 247 g/mol. The Balaban J connectivity index is 2.19. The molecule has 0 bridgehead atoms. The summed E-state index contributed by atoms with van der Waals surface area (Å²) in [6.07, 6.45) is 0.830. The van der Waals surface area contributed by atoms with Crippen molar-refractivity contribution in [1.82, 2.24) is 10.6 Å². The molecule has 0 saturated carbocycles. The topological polar surface area (TPSA) is 44.4 Å². The van der Waals surface area contributed by atoms with E-state index in [0.29, 0.717) is 0 Å². The van der Waals surface area contributed by atoms with Crippen molar-refractivity contribution in [2.24, 2.45) is 0 Å². The summed E-state index contributed by atoms with van der Waals surface area (Å²) in [5.74, 6) is 0.137. The van der Waals surface area contributed by atoms with E-state index in [9.17, 15) is 4.79 Å². The predicted octanol–water partition coefficient (Wildman–Crippen LogP) is 0.909. The molecule has 0 radical (unpaired) electrons. The van der Waals surface area contributed by atoms with Crippen LogP contribution < -0.4 is 15.5 Å². The van der Waals surface area contributed by atoms with Crippen LogP contribution in [0.15, 0.2) is 24.3 Å². The molecule has 2 N–H and O–H groups in total. The molecule has 1 aliphatic rings. The second-order valence-electron chi connectivity index (χ2n) is 4.73. The Morgan fingerprint density at radius 1 is 1.50 bits per heavy atom. The van der Waals surface area contributed by atoms with Crippen molar-refractivity contribution in [3.63, 3.8) is 0 Å². The van der Waals surface area contributed by atoms with Gasteiger partial charge in [0.2, 0.25) is 5.91 Å². The number of benzene rings is 1. The lowest BCUT2D eigenvalue weighted by atomic mass is 10.1. The zero-order valence-corrected chi connectivity index (χ0v) is 11.1. The van der Waals surface area contributed by atoms with Crippen molar-refractivity contribution in [2.75, 3.05) is 31.6 Å². The first-order valence-corrected chi connectivity index (χ1v) is 6.48. The van der Waals surface area contributed by atoms with Gasteiger partial charge in [-0.2, -0.15) is 0 Å². The molecule has 1 heterocycles. The molecule has 0 aliphatic carbocycles. The van der Waals surface area contributed by atoms with Crippen LogP contribution in [0.2, 0.25) is 0 Å². The van der Waals surface area contributed by atoms with Gasteiger partial charge in [-0.3, -0.25) is 4.79 Å². The van der Waals surface area contributed by atoms with Crippen LogP contribution in [0.3, 0.4) is 0 Å². The van der Waals surface area contributed by atoms with E-state index < -0.39 is 0 Å². The van der Waals surface area contributed by atoms with Crippen molar-refractivity contribution in [3.05, 3.63) is 29.8 Å². The van der Waals surface area contributed by atoms with Crippen LogP contribution in [0.1, 0.15) is 12.0 Å². The minimum absolute atomic E-state index is 0.0620. The van der Waals surface area contributed by atoms with Gasteiger partial charge < -0.3 is 15.5 Å². The normalized spacial score (nSPS) is 19.8. The van der Waals surface area contributed by atoms with Crippen molar-refractivity contribution >= 4 is 11.6 Å². The predicted molar refractivity (Wildman–Crippen MR) is 73.9 cm³/mol. The van der Waals surface area contributed by atoms with E-state index in [1.165, 1.54) is 5.56 Å². The van der Waals surface area contributed by atoms with E-state index in [1.807, 2.05) is 13.1 Å². The number of amides is 1. The average Bonchev–Trinajstić information content (AvgIpc) is 2.37.